The molecule has 1 amide bonds. The van der Waals surface area contributed by atoms with Gasteiger partial charge in [0.15, 0.2) is 5.82 Å². The molecule has 0 saturated heterocycles. The minimum atomic E-state index is -1.44. The monoisotopic (exact) mass is 241 g/mol. The summed E-state index contributed by atoms with van der Waals surface area (Å²) in [4.78, 5) is 26.3. The highest BCUT2D eigenvalue weighted by Crippen LogP contribution is 2.14. The summed E-state index contributed by atoms with van der Waals surface area (Å²) in [6, 6.07) is 0. The van der Waals surface area contributed by atoms with Crippen molar-refractivity contribution in [2.45, 2.75) is 27.2 Å². The highest BCUT2D eigenvalue weighted by atomic mass is 16.5. The van der Waals surface area contributed by atoms with Crippen LogP contribution >= 0.6 is 0 Å². The zero-order chi connectivity index (χ0) is 13.1. The first-order valence-electron chi connectivity index (χ1n) is 5.15. The lowest BCUT2D eigenvalue weighted by atomic mass is 9.93. The predicted octanol–water partition coefficient (Wildman–Crippen LogP) is 0.148. The third-order valence-electron chi connectivity index (χ3n) is 2.30. The van der Waals surface area contributed by atoms with Crippen LogP contribution in [0.5, 0.6) is 0 Å². The average Bonchev–Trinajstić information content (AvgIpc) is 2.63. The van der Waals surface area contributed by atoms with Gasteiger partial charge in [-0.25, -0.2) is 0 Å². The van der Waals surface area contributed by atoms with E-state index in [1.165, 1.54) is 13.8 Å². The Bertz CT molecular complexity index is 425. The van der Waals surface area contributed by atoms with Crippen molar-refractivity contribution in [2.75, 3.05) is 6.54 Å². The zero-order valence-electron chi connectivity index (χ0n) is 9.98. The largest absolute Gasteiger partial charge is 0.480 e. The molecule has 0 aliphatic rings. The van der Waals surface area contributed by atoms with Crippen LogP contribution in [0.25, 0.3) is 0 Å². The van der Waals surface area contributed by atoms with Gasteiger partial charge >= 0.3 is 5.97 Å². The van der Waals surface area contributed by atoms with E-state index in [1.54, 1.807) is 6.92 Å². The van der Waals surface area contributed by atoms with Crippen LogP contribution in [0.15, 0.2) is 4.52 Å². The van der Waals surface area contributed by atoms with Crippen LogP contribution in [-0.2, 0) is 16.0 Å². The summed E-state index contributed by atoms with van der Waals surface area (Å²) in [6.07, 6.45) is 0.377. The number of hydrogen-bond donors (Lipinski definition) is 2. The molecule has 1 heterocycles. The van der Waals surface area contributed by atoms with Crippen LogP contribution in [0.1, 0.15) is 25.6 Å². The maximum Gasteiger partial charge on any atom is 0.318 e. The summed E-state index contributed by atoms with van der Waals surface area (Å²) >= 11 is 0. The Morgan fingerprint density at radius 3 is 2.59 bits per heavy atom. The van der Waals surface area contributed by atoms with Crippen LogP contribution in [0, 0.1) is 12.3 Å². The number of hydrogen-bond acceptors (Lipinski definition) is 5. The fourth-order valence-corrected chi connectivity index (χ4v) is 1.04. The Hall–Kier alpha value is -1.92. The van der Waals surface area contributed by atoms with E-state index < -0.39 is 17.3 Å². The van der Waals surface area contributed by atoms with Gasteiger partial charge in [-0.05, 0) is 20.8 Å². The molecule has 1 aromatic rings. The van der Waals surface area contributed by atoms with Gasteiger partial charge in [0.1, 0.15) is 5.41 Å². The van der Waals surface area contributed by atoms with Gasteiger partial charge in [-0.3, -0.25) is 9.59 Å². The molecule has 1 aromatic heterocycles. The van der Waals surface area contributed by atoms with Gasteiger partial charge in [0.25, 0.3) is 0 Å². The number of nitrogens with zero attached hydrogens (tertiary/aromatic N) is 2. The molecule has 0 unspecified atom stereocenters. The fourth-order valence-electron chi connectivity index (χ4n) is 1.04. The topological polar surface area (TPSA) is 105 Å². The molecule has 0 bridgehead atoms. The number of aliphatic carboxylic acids is 1. The van der Waals surface area contributed by atoms with E-state index >= 15 is 0 Å². The Kier molecular flexibility index (Phi) is 3.82. The first kappa shape index (κ1) is 13.1. The Morgan fingerprint density at radius 2 is 2.12 bits per heavy atom. The molecule has 17 heavy (non-hydrogen) atoms. The van der Waals surface area contributed by atoms with Gasteiger partial charge in [0.2, 0.25) is 11.8 Å². The van der Waals surface area contributed by atoms with Gasteiger partial charge < -0.3 is 14.9 Å². The van der Waals surface area contributed by atoms with Gasteiger partial charge in [-0.1, -0.05) is 5.16 Å². The lowest BCUT2D eigenvalue weighted by Gasteiger charge is -2.17. The highest BCUT2D eigenvalue weighted by molar-refractivity contribution is 6.00. The molecule has 0 saturated carbocycles. The smallest absolute Gasteiger partial charge is 0.318 e. The third-order valence-corrected chi connectivity index (χ3v) is 2.30. The lowest BCUT2D eigenvalue weighted by molar-refractivity contribution is -0.153. The van der Waals surface area contributed by atoms with E-state index in [0.29, 0.717) is 18.1 Å². The summed E-state index contributed by atoms with van der Waals surface area (Å²) in [5, 5.41) is 14.9. The SMILES string of the molecule is Cc1noc(CCNC(=O)C(C)(C)C(=O)O)n1. The van der Waals surface area contributed by atoms with Crippen molar-refractivity contribution < 1.29 is 19.2 Å². The van der Waals surface area contributed by atoms with Crippen molar-refractivity contribution in [2.24, 2.45) is 5.41 Å². The molecule has 7 heteroatoms. The normalized spacial score (nSPS) is 11.2. The van der Waals surface area contributed by atoms with Crippen molar-refractivity contribution in [3.05, 3.63) is 11.7 Å². The number of amides is 1. The second kappa shape index (κ2) is 4.94. The van der Waals surface area contributed by atoms with Crippen molar-refractivity contribution in [3.63, 3.8) is 0 Å². The first-order valence-corrected chi connectivity index (χ1v) is 5.15. The minimum absolute atomic E-state index is 0.261. The quantitative estimate of drug-likeness (QED) is 0.711. The van der Waals surface area contributed by atoms with Crippen LogP contribution in [0.3, 0.4) is 0 Å². The number of aromatic nitrogens is 2. The molecule has 0 aromatic carbocycles. The Labute approximate surface area is 98.2 Å². The van der Waals surface area contributed by atoms with Gasteiger partial charge in [0.05, 0.1) is 0 Å². The summed E-state index contributed by atoms with van der Waals surface area (Å²) < 4.78 is 4.85. The van der Waals surface area contributed by atoms with Crippen LogP contribution in [0.4, 0.5) is 0 Å². The second-order valence-electron chi connectivity index (χ2n) is 4.17. The molecule has 7 nitrogen and oxygen atoms in total. The molecule has 0 spiro atoms. The number of carboxylic acid groups (broad SMARTS) is 1. The summed E-state index contributed by atoms with van der Waals surface area (Å²) in [5.74, 6) is -0.766. The van der Waals surface area contributed by atoms with Crippen molar-refractivity contribution in [3.8, 4) is 0 Å². The molecule has 0 atom stereocenters. The van der Waals surface area contributed by atoms with E-state index in [2.05, 4.69) is 15.5 Å². The Balaban J connectivity index is 2.42. The number of carboxylic acids is 1. The molecule has 0 fully saturated rings. The number of rotatable bonds is 5. The summed E-state index contributed by atoms with van der Waals surface area (Å²) in [5.41, 5.74) is -1.44. The zero-order valence-corrected chi connectivity index (χ0v) is 9.98. The standard InChI is InChI=1S/C10H15N3O4/c1-6-12-7(17-13-6)4-5-11-8(14)10(2,3)9(15)16/h4-5H2,1-3H3,(H,11,14)(H,15,16). The molecule has 94 valence electrons. The van der Waals surface area contributed by atoms with E-state index in [-0.39, 0.29) is 6.54 Å². The second-order valence-corrected chi connectivity index (χ2v) is 4.17. The molecule has 2 N–H and O–H groups in total. The molecule has 0 aliphatic carbocycles. The number of carbonyl (C=O) groups is 2. The Morgan fingerprint density at radius 1 is 1.47 bits per heavy atom. The van der Waals surface area contributed by atoms with Crippen LogP contribution in [-0.4, -0.2) is 33.7 Å². The van der Waals surface area contributed by atoms with E-state index in [1.807, 2.05) is 0 Å². The maximum atomic E-state index is 11.5. The number of nitrogens with one attached hydrogen (secondary N) is 1. The van der Waals surface area contributed by atoms with Gasteiger partial charge in [-0.2, -0.15) is 4.98 Å². The van der Waals surface area contributed by atoms with Crippen molar-refractivity contribution in [1.82, 2.24) is 15.5 Å². The van der Waals surface area contributed by atoms with Crippen LogP contribution in [0.2, 0.25) is 0 Å². The molecule has 0 radical (unpaired) electrons. The van der Waals surface area contributed by atoms with Gasteiger partial charge in [0, 0.05) is 13.0 Å². The van der Waals surface area contributed by atoms with Crippen molar-refractivity contribution >= 4 is 11.9 Å². The highest BCUT2D eigenvalue weighted by Gasteiger charge is 2.35. The first-order chi connectivity index (χ1) is 7.84. The summed E-state index contributed by atoms with van der Waals surface area (Å²) in [6.45, 7) is 4.65. The summed E-state index contributed by atoms with van der Waals surface area (Å²) in [7, 11) is 0. The number of carbonyl (C=O) groups excluding carboxylic acids is 1. The fraction of sp³-hybridized carbons (Fsp3) is 0.600. The third kappa shape index (κ3) is 3.27. The van der Waals surface area contributed by atoms with Crippen LogP contribution < -0.4 is 5.32 Å². The molecule has 1 rings (SSSR count). The van der Waals surface area contributed by atoms with E-state index in [4.69, 9.17) is 9.63 Å². The molecular weight excluding hydrogens is 226 g/mol. The minimum Gasteiger partial charge on any atom is -0.480 e. The molecular formula is C10H15N3O4. The number of aryl methyl sites for hydroxylation is 1. The van der Waals surface area contributed by atoms with Gasteiger partial charge in [-0.15, -0.1) is 0 Å². The lowest BCUT2D eigenvalue weighted by Crippen LogP contribution is -2.43. The van der Waals surface area contributed by atoms with E-state index in [0.717, 1.165) is 0 Å². The average molecular weight is 241 g/mol. The predicted molar refractivity (Wildman–Crippen MR) is 57.2 cm³/mol. The molecule has 0 aliphatic heterocycles. The maximum absolute atomic E-state index is 11.5. The van der Waals surface area contributed by atoms with Crippen molar-refractivity contribution in [1.29, 1.82) is 0 Å². The van der Waals surface area contributed by atoms with E-state index in [9.17, 15) is 9.59 Å².